The van der Waals surface area contributed by atoms with Crippen LogP contribution in [-0.2, 0) is 0 Å². The van der Waals surface area contributed by atoms with Crippen LogP contribution in [0, 0.1) is 0 Å². The lowest BCUT2D eigenvalue weighted by Crippen LogP contribution is -2.42. The molecule has 1 aromatic heterocycles. The van der Waals surface area contributed by atoms with Crippen LogP contribution in [0.3, 0.4) is 0 Å². The van der Waals surface area contributed by atoms with Crippen molar-refractivity contribution >= 4 is 0 Å². The van der Waals surface area contributed by atoms with Crippen molar-refractivity contribution in [3.05, 3.63) is 24.2 Å². The van der Waals surface area contributed by atoms with Crippen LogP contribution in [0.15, 0.2) is 23.0 Å². The van der Waals surface area contributed by atoms with Crippen LogP contribution >= 0.6 is 0 Å². The number of rotatable bonds is 4. The highest BCUT2D eigenvalue weighted by Gasteiger charge is 2.27. The molecule has 1 atom stereocenters. The smallest absolute Gasteiger partial charge is 0.0950 e. The first-order valence-electron chi connectivity index (χ1n) is 5.27. The molecule has 0 bridgehead atoms. The SMILES string of the molecule is CN(C1CCC1)C(CN)c1ccoc1. The Balaban J connectivity index is 2.04. The van der Waals surface area contributed by atoms with Gasteiger partial charge in [-0.1, -0.05) is 6.42 Å². The number of nitrogens with zero attached hydrogens (tertiary/aromatic N) is 1. The first kappa shape index (κ1) is 9.74. The summed E-state index contributed by atoms with van der Waals surface area (Å²) in [6.45, 7) is 0.659. The maximum atomic E-state index is 5.80. The molecule has 0 radical (unpaired) electrons. The Morgan fingerprint density at radius 3 is 2.86 bits per heavy atom. The van der Waals surface area contributed by atoms with Gasteiger partial charge in [0.2, 0.25) is 0 Å². The molecule has 3 nitrogen and oxygen atoms in total. The monoisotopic (exact) mass is 194 g/mol. The predicted octanol–water partition coefficient (Wildman–Crippen LogP) is 1.76. The third kappa shape index (κ3) is 1.70. The number of hydrogen-bond acceptors (Lipinski definition) is 3. The summed E-state index contributed by atoms with van der Waals surface area (Å²) in [5.74, 6) is 0. The third-order valence-electron chi connectivity index (χ3n) is 3.29. The highest BCUT2D eigenvalue weighted by Crippen LogP contribution is 2.30. The Bertz CT molecular complexity index is 267. The second-order valence-electron chi connectivity index (χ2n) is 4.06. The Morgan fingerprint density at radius 2 is 2.43 bits per heavy atom. The molecule has 1 aromatic rings. The zero-order valence-electron chi connectivity index (χ0n) is 8.65. The summed E-state index contributed by atoms with van der Waals surface area (Å²) in [6.07, 6.45) is 7.49. The lowest BCUT2D eigenvalue weighted by Gasteiger charge is -2.39. The zero-order chi connectivity index (χ0) is 9.97. The maximum absolute atomic E-state index is 5.80. The van der Waals surface area contributed by atoms with E-state index in [1.165, 1.54) is 24.8 Å². The number of likely N-dealkylation sites (N-methyl/N-ethyl adjacent to an activating group) is 1. The molecule has 0 aliphatic heterocycles. The van der Waals surface area contributed by atoms with Crippen molar-refractivity contribution in [3.8, 4) is 0 Å². The second kappa shape index (κ2) is 4.15. The summed E-state index contributed by atoms with van der Waals surface area (Å²) in [4.78, 5) is 2.38. The standard InChI is InChI=1S/C11H18N2O/c1-13(10-3-2-4-10)11(7-12)9-5-6-14-8-9/h5-6,8,10-11H,2-4,7,12H2,1H3. The van der Waals surface area contributed by atoms with Gasteiger partial charge in [0.05, 0.1) is 18.6 Å². The van der Waals surface area contributed by atoms with E-state index in [1.54, 1.807) is 12.5 Å². The Kier molecular flexibility index (Phi) is 2.89. The van der Waals surface area contributed by atoms with Crippen molar-refractivity contribution in [1.82, 2.24) is 4.90 Å². The first-order valence-corrected chi connectivity index (χ1v) is 5.27. The molecule has 2 N–H and O–H groups in total. The van der Waals surface area contributed by atoms with E-state index in [2.05, 4.69) is 11.9 Å². The number of hydrogen-bond donors (Lipinski definition) is 1. The molecule has 14 heavy (non-hydrogen) atoms. The van der Waals surface area contributed by atoms with Gasteiger partial charge in [-0.05, 0) is 26.0 Å². The second-order valence-corrected chi connectivity index (χ2v) is 4.06. The van der Waals surface area contributed by atoms with Crippen LogP contribution in [-0.4, -0.2) is 24.5 Å². The highest BCUT2D eigenvalue weighted by atomic mass is 16.3. The zero-order valence-corrected chi connectivity index (χ0v) is 8.65. The molecule has 0 amide bonds. The van der Waals surface area contributed by atoms with Crippen LogP contribution < -0.4 is 5.73 Å². The molecular weight excluding hydrogens is 176 g/mol. The van der Waals surface area contributed by atoms with Gasteiger partial charge in [0.1, 0.15) is 0 Å². The lowest BCUT2D eigenvalue weighted by molar-refractivity contribution is 0.113. The van der Waals surface area contributed by atoms with Gasteiger partial charge in [-0.2, -0.15) is 0 Å². The van der Waals surface area contributed by atoms with E-state index in [1.807, 2.05) is 6.07 Å². The molecule has 1 aliphatic carbocycles. The summed E-state index contributed by atoms with van der Waals surface area (Å²) >= 11 is 0. The molecule has 3 heteroatoms. The van der Waals surface area contributed by atoms with Gasteiger partial charge in [0, 0.05) is 18.2 Å². The van der Waals surface area contributed by atoms with Crippen molar-refractivity contribution < 1.29 is 4.42 Å². The summed E-state index contributed by atoms with van der Waals surface area (Å²) in [6, 6.07) is 3.05. The number of nitrogens with two attached hydrogens (primary N) is 1. The largest absolute Gasteiger partial charge is 0.472 e. The quantitative estimate of drug-likeness (QED) is 0.794. The Labute approximate surface area is 84.9 Å². The Hall–Kier alpha value is -0.800. The molecule has 1 saturated carbocycles. The summed E-state index contributed by atoms with van der Waals surface area (Å²) in [5.41, 5.74) is 6.99. The fourth-order valence-corrected chi connectivity index (χ4v) is 2.05. The highest BCUT2D eigenvalue weighted by molar-refractivity contribution is 5.12. The lowest BCUT2D eigenvalue weighted by atomic mass is 9.90. The summed E-state index contributed by atoms with van der Waals surface area (Å²) in [5, 5.41) is 0. The van der Waals surface area contributed by atoms with Gasteiger partial charge in [-0.3, -0.25) is 4.90 Å². The van der Waals surface area contributed by atoms with Crippen LogP contribution in [0.25, 0.3) is 0 Å². The third-order valence-corrected chi connectivity index (χ3v) is 3.29. The first-order chi connectivity index (χ1) is 6.83. The van der Waals surface area contributed by atoms with E-state index in [4.69, 9.17) is 10.2 Å². The fourth-order valence-electron chi connectivity index (χ4n) is 2.05. The molecular formula is C11H18N2O. The Morgan fingerprint density at radius 1 is 1.64 bits per heavy atom. The predicted molar refractivity (Wildman–Crippen MR) is 55.9 cm³/mol. The van der Waals surface area contributed by atoms with Crippen LogP contribution in [0.4, 0.5) is 0 Å². The molecule has 0 spiro atoms. The van der Waals surface area contributed by atoms with E-state index in [9.17, 15) is 0 Å². The van der Waals surface area contributed by atoms with Gasteiger partial charge in [0.25, 0.3) is 0 Å². The molecule has 0 saturated heterocycles. The average Bonchev–Trinajstić information content (AvgIpc) is 2.55. The van der Waals surface area contributed by atoms with Crippen LogP contribution in [0.5, 0.6) is 0 Å². The maximum Gasteiger partial charge on any atom is 0.0950 e. The number of furan rings is 1. The van der Waals surface area contributed by atoms with Crippen molar-refractivity contribution in [2.75, 3.05) is 13.6 Å². The van der Waals surface area contributed by atoms with Gasteiger partial charge in [0.15, 0.2) is 0 Å². The molecule has 1 fully saturated rings. The molecule has 2 rings (SSSR count). The van der Waals surface area contributed by atoms with Crippen molar-refractivity contribution in [3.63, 3.8) is 0 Å². The molecule has 1 unspecified atom stereocenters. The van der Waals surface area contributed by atoms with Gasteiger partial charge in [-0.15, -0.1) is 0 Å². The fraction of sp³-hybridized carbons (Fsp3) is 0.636. The van der Waals surface area contributed by atoms with Gasteiger partial charge >= 0.3 is 0 Å². The van der Waals surface area contributed by atoms with Crippen molar-refractivity contribution in [2.24, 2.45) is 5.73 Å². The summed E-state index contributed by atoms with van der Waals surface area (Å²) in [7, 11) is 2.16. The minimum absolute atomic E-state index is 0.319. The minimum atomic E-state index is 0.319. The van der Waals surface area contributed by atoms with E-state index < -0.39 is 0 Å². The topological polar surface area (TPSA) is 42.4 Å². The van der Waals surface area contributed by atoms with Crippen molar-refractivity contribution in [2.45, 2.75) is 31.3 Å². The van der Waals surface area contributed by atoms with Crippen molar-refractivity contribution in [1.29, 1.82) is 0 Å². The molecule has 1 heterocycles. The molecule has 1 aliphatic rings. The van der Waals surface area contributed by atoms with E-state index >= 15 is 0 Å². The molecule has 0 aromatic carbocycles. The normalized spacial score (nSPS) is 19.6. The van der Waals surface area contributed by atoms with Gasteiger partial charge in [-0.25, -0.2) is 0 Å². The van der Waals surface area contributed by atoms with Crippen LogP contribution in [0.2, 0.25) is 0 Å². The van der Waals surface area contributed by atoms with Gasteiger partial charge < -0.3 is 10.2 Å². The summed E-state index contributed by atoms with van der Waals surface area (Å²) < 4.78 is 5.10. The van der Waals surface area contributed by atoms with E-state index in [0.29, 0.717) is 12.6 Å². The average molecular weight is 194 g/mol. The van der Waals surface area contributed by atoms with E-state index in [-0.39, 0.29) is 0 Å². The minimum Gasteiger partial charge on any atom is -0.472 e. The van der Waals surface area contributed by atoms with Crippen LogP contribution in [0.1, 0.15) is 30.9 Å². The van der Waals surface area contributed by atoms with E-state index in [0.717, 1.165) is 6.04 Å². The molecule has 78 valence electrons.